The summed E-state index contributed by atoms with van der Waals surface area (Å²) in [6.45, 7) is 0. The van der Waals surface area contributed by atoms with Gasteiger partial charge in [-0.15, -0.1) is 11.3 Å². The Hall–Kier alpha value is -3.39. The van der Waals surface area contributed by atoms with E-state index in [1.807, 2.05) is 24.3 Å². The molecule has 1 aromatic heterocycles. The molecule has 0 aliphatic heterocycles. The molecule has 0 bridgehead atoms. The van der Waals surface area contributed by atoms with Gasteiger partial charge in [0.1, 0.15) is 5.01 Å². The van der Waals surface area contributed by atoms with Crippen LogP contribution in [0.3, 0.4) is 0 Å². The van der Waals surface area contributed by atoms with E-state index in [9.17, 15) is 26.3 Å². The van der Waals surface area contributed by atoms with Crippen LogP contribution in [-0.4, -0.2) is 4.98 Å². The summed E-state index contributed by atoms with van der Waals surface area (Å²) in [5.41, 5.74) is -0.966. The van der Waals surface area contributed by atoms with Gasteiger partial charge in [-0.25, -0.2) is 4.98 Å². The van der Waals surface area contributed by atoms with Crippen molar-refractivity contribution in [1.29, 1.82) is 0 Å². The van der Waals surface area contributed by atoms with Crippen molar-refractivity contribution in [3.05, 3.63) is 90.0 Å². The van der Waals surface area contributed by atoms with Crippen LogP contribution in [0.1, 0.15) is 11.1 Å². The third kappa shape index (κ3) is 3.95. The van der Waals surface area contributed by atoms with E-state index in [0.717, 1.165) is 32.9 Å². The fraction of sp³-hybridized carbons (Fsp3) is 0.0800. The summed E-state index contributed by atoms with van der Waals surface area (Å²) in [7, 11) is 0. The van der Waals surface area contributed by atoms with Crippen molar-refractivity contribution in [2.75, 3.05) is 0 Å². The van der Waals surface area contributed by atoms with Gasteiger partial charge < -0.3 is 0 Å². The molecule has 1 nitrogen and oxygen atoms in total. The van der Waals surface area contributed by atoms with Crippen LogP contribution in [0.5, 0.6) is 0 Å². The quantitative estimate of drug-likeness (QED) is 0.234. The predicted octanol–water partition coefficient (Wildman–Crippen LogP) is 8.82. The third-order valence-electron chi connectivity index (χ3n) is 5.35. The zero-order valence-corrected chi connectivity index (χ0v) is 17.4. The smallest absolute Gasteiger partial charge is 0.236 e. The number of benzene rings is 4. The molecule has 0 aliphatic carbocycles. The van der Waals surface area contributed by atoms with E-state index in [-0.39, 0.29) is 17.2 Å². The number of alkyl halides is 6. The second kappa shape index (κ2) is 7.59. The fourth-order valence-corrected chi connectivity index (χ4v) is 4.84. The summed E-state index contributed by atoms with van der Waals surface area (Å²) >= 11 is 1.47. The van der Waals surface area contributed by atoms with Crippen LogP contribution in [0.25, 0.3) is 42.7 Å². The van der Waals surface area contributed by atoms with Crippen LogP contribution in [0, 0.1) is 0 Å². The van der Waals surface area contributed by atoms with Gasteiger partial charge in [0.15, 0.2) is 0 Å². The first kappa shape index (κ1) is 21.5. The molecule has 0 unspecified atom stereocenters. The number of thiazole rings is 1. The van der Waals surface area contributed by atoms with E-state index in [1.165, 1.54) is 11.3 Å². The Morgan fingerprint density at radius 1 is 0.606 bits per heavy atom. The molecule has 4 aromatic carbocycles. The standard InChI is InChI=1S/C25H13F6NS/c26-24(27,28)15-11-14(12-16(13-15)25(29,30)31)17-9-10-20(19-6-2-1-5-18(17)19)23-32-21-7-3-4-8-22(21)33-23/h1-13H. The number of fused-ring (bicyclic) bond motifs is 2. The lowest BCUT2D eigenvalue weighted by Crippen LogP contribution is -2.11. The van der Waals surface area contributed by atoms with Crippen LogP contribution in [0.2, 0.25) is 0 Å². The highest BCUT2D eigenvalue weighted by molar-refractivity contribution is 7.21. The lowest BCUT2D eigenvalue weighted by molar-refractivity contribution is -0.143. The zero-order chi connectivity index (χ0) is 23.4. The molecule has 0 amide bonds. The van der Waals surface area contributed by atoms with E-state index >= 15 is 0 Å². The number of halogens is 6. The molecule has 5 aromatic rings. The molecule has 0 spiro atoms. The van der Waals surface area contributed by atoms with Gasteiger partial charge in [0.2, 0.25) is 0 Å². The normalized spacial score (nSPS) is 12.5. The van der Waals surface area contributed by atoms with Gasteiger partial charge in [0, 0.05) is 5.56 Å². The minimum absolute atomic E-state index is 0.140. The summed E-state index contributed by atoms with van der Waals surface area (Å²) < 4.78 is 81.2. The monoisotopic (exact) mass is 473 g/mol. The van der Waals surface area contributed by atoms with Crippen LogP contribution in [0.4, 0.5) is 26.3 Å². The molecule has 166 valence electrons. The van der Waals surface area contributed by atoms with Crippen molar-refractivity contribution in [2.24, 2.45) is 0 Å². The van der Waals surface area contributed by atoms with Crippen LogP contribution in [-0.2, 0) is 12.4 Å². The maximum atomic E-state index is 13.4. The molecule has 0 radical (unpaired) electrons. The van der Waals surface area contributed by atoms with E-state index in [1.54, 1.807) is 36.4 Å². The fourth-order valence-electron chi connectivity index (χ4n) is 3.84. The maximum absolute atomic E-state index is 13.4. The molecular formula is C25H13F6NS. The number of aromatic nitrogens is 1. The molecule has 0 saturated heterocycles. The molecule has 0 atom stereocenters. The number of nitrogens with zero attached hydrogens (tertiary/aromatic N) is 1. The van der Waals surface area contributed by atoms with E-state index in [4.69, 9.17) is 0 Å². The van der Waals surface area contributed by atoms with E-state index < -0.39 is 23.5 Å². The van der Waals surface area contributed by atoms with Gasteiger partial charge in [-0.2, -0.15) is 26.3 Å². The molecular weight excluding hydrogens is 460 g/mol. The zero-order valence-electron chi connectivity index (χ0n) is 16.6. The summed E-state index contributed by atoms with van der Waals surface area (Å²) in [4.78, 5) is 4.65. The van der Waals surface area contributed by atoms with Gasteiger partial charge in [-0.05, 0) is 52.2 Å². The van der Waals surface area contributed by atoms with Crippen LogP contribution in [0.15, 0.2) is 78.9 Å². The van der Waals surface area contributed by atoms with Crippen LogP contribution >= 0.6 is 11.3 Å². The Balaban J connectivity index is 1.75. The van der Waals surface area contributed by atoms with Crippen molar-refractivity contribution in [2.45, 2.75) is 12.4 Å². The van der Waals surface area contributed by atoms with Crippen molar-refractivity contribution in [3.8, 4) is 21.7 Å². The first-order chi connectivity index (χ1) is 15.6. The summed E-state index contributed by atoms with van der Waals surface area (Å²) in [6, 6.07) is 19.5. The maximum Gasteiger partial charge on any atom is 0.416 e. The van der Waals surface area contributed by atoms with Crippen molar-refractivity contribution < 1.29 is 26.3 Å². The molecule has 0 aliphatic rings. The Morgan fingerprint density at radius 2 is 1.15 bits per heavy atom. The summed E-state index contributed by atoms with van der Waals surface area (Å²) in [5, 5.41) is 1.96. The number of hydrogen-bond donors (Lipinski definition) is 0. The first-order valence-corrected chi connectivity index (χ1v) is 10.6. The second-order valence-corrected chi connectivity index (χ2v) is 8.52. The molecule has 0 fully saturated rings. The SMILES string of the molecule is FC(F)(F)c1cc(-c2ccc(-c3nc4ccccc4s3)c3ccccc23)cc(C(F)(F)F)c1. The highest BCUT2D eigenvalue weighted by atomic mass is 32.1. The van der Waals surface area contributed by atoms with Gasteiger partial charge in [0.25, 0.3) is 0 Å². The minimum Gasteiger partial charge on any atom is -0.236 e. The Bertz CT molecular complexity index is 1430. The summed E-state index contributed by atoms with van der Waals surface area (Å²) in [5.74, 6) is 0. The van der Waals surface area contributed by atoms with Gasteiger partial charge >= 0.3 is 12.4 Å². The van der Waals surface area contributed by atoms with Crippen molar-refractivity contribution >= 4 is 32.3 Å². The van der Waals surface area contributed by atoms with Gasteiger partial charge in [0.05, 0.1) is 21.3 Å². The second-order valence-electron chi connectivity index (χ2n) is 7.49. The Labute approximate surface area is 187 Å². The number of hydrogen-bond acceptors (Lipinski definition) is 2. The molecule has 33 heavy (non-hydrogen) atoms. The average molecular weight is 473 g/mol. The molecule has 0 N–H and O–H groups in total. The Kier molecular flexibility index (Phi) is 4.93. The van der Waals surface area contributed by atoms with Gasteiger partial charge in [-0.3, -0.25) is 0 Å². The largest absolute Gasteiger partial charge is 0.416 e. The number of para-hydroxylation sites is 1. The molecule has 1 heterocycles. The van der Waals surface area contributed by atoms with E-state index in [2.05, 4.69) is 4.98 Å². The molecule has 0 saturated carbocycles. The van der Waals surface area contributed by atoms with Crippen molar-refractivity contribution in [3.63, 3.8) is 0 Å². The predicted molar refractivity (Wildman–Crippen MR) is 118 cm³/mol. The van der Waals surface area contributed by atoms with Crippen molar-refractivity contribution in [1.82, 2.24) is 4.98 Å². The molecule has 5 rings (SSSR count). The highest BCUT2D eigenvalue weighted by Gasteiger charge is 2.37. The topological polar surface area (TPSA) is 12.9 Å². The van der Waals surface area contributed by atoms with E-state index in [0.29, 0.717) is 10.8 Å². The van der Waals surface area contributed by atoms with Crippen LogP contribution < -0.4 is 0 Å². The minimum atomic E-state index is -4.91. The first-order valence-electron chi connectivity index (χ1n) is 9.79. The number of rotatable bonds is 2. The lowest BCUT2D eigenvalue weighted by atomic mass is 9.93. The summed E-state index contributed by atoms with van der Waals surface area (Å²) in [6.07, 6.45) is -9.82. The average Bonchev–Trinajstić information content (AvgIpc) is 3.21. The third-order valence-corrected chi connectivity index (χ3v) is 6.42. The highest BCUT2D eigenvalue weighted by Crippen LogP contribution is 2.42. The molecule has 8 heteroatoms. The van der Waals surface area contributed by atoms with Gasteiger partial charge in [-0.1, -0.05) is 48.5 Å². The Morgan fingerprint density at radius 3 is 1.76 bits per heavy atom. The lowest BCUT2D eigenvalue weighted by Gasteiger charge is -2.16.